The summed E-state index contributed by atoms with van der Waals surface area (Å²) in [5.41, 5.74) is 3.99. The van der Waals surface area contributed by atoms with E-state index >= 15 is 0 Å². The van der Waals surface area contributed by atoms with Gasteiger partial charge in [-0.05, 0) is 42.5 Å². The molecule has 3 heterocycles. The number of nitrogens with zero attached hydrogens (tertiary/aromatic N) is 5. The third-order valence-corrected chi connectivity index (χ3v) is 5.62. The number of aromatic nitrogens is 4. The molecule has 1 N–H and O–H groups in total. The van der Waals surface area contributed by atoms with Crippen molar-refractivity contribution in [3.8, 4) is 34.5 Å². The zero-order chi connectivity index (χ0) is 21.9. The average molecular weight is 437 g/mol. The van der Waals surface area contributed by atoms with Crippen LogP contribution in [0.25, 0.3) is 33.5 Å². The quantitative estimate of drug-likeness (QED) is 0.392. The lowest BCUT2D eigenvalue weighted by Gasteiger charge is -2.10. The van der Waals surface area contributed by atoms with Crippen LogP contribution in [0.3, 0.4) is 0 Å². The van der Waals surface area contributed by atoms with Crippen LogP contribution in [0.2, 0.25) is 0 Å². The van der Waals surface area contributed by atoms with Crippen molar-refractivity contribution in [3.05, 3.63) is 77.9 Å². The lowest BCUT2D eigenvalue weighted by atomic mass is 10.1. The fourth-order valence-corrected chi connectivity index (χ4v) is 3.95. The molecule has 0 saturated heterocycles. The van der Waals surface area contributed by atoms with E-state index in [9.17, 15) is 0 Å². The summed E-state index contributed by atoms with van der Waals surface area (Å²) in [5.74, 6) is 1.92. The topological polar surface area (TPSA) is 96.6 Å². The number of hydrogen-bond acceptors (Lipinski definition) is 8. The number of methoxy groups -OCH3 is 1. The molecule has 32 heavy (non-hydrogen) atoms. The summed E-state index contributed by atoms with van der Waals surface area (Å²) in [6.45, 7) is 0. The maximum atomic E-state index is 9.00. The molecule has 7 nitrogen and oxygen atoms in total. The van der Waals surface area contributed by atoms with Gasteiger partial charge < -0.3 is 10.1 Å². The first kappa shape index (κ1) is 19.6. The molecule has 0 radical (unpaired) electrons. The summed E-state index contributed by atoms with van der Waals surface area (Å²) in [6, 6.07) is 18.9. The Morgan fingerprint density at radius 2 is 1.88 bits per heavy atom. The fourth-order valence-electron chi connectivity index (χ4n) is 3.23. The second-order valence-electron chi connectivity index (χ2n) is 6.87. The molecule has 5 aromatic rings. The van der Waals surface area contributed by atoms with E-state index in [0.29, 0.717) is 22.3 Å². The number of rotatable bonds is 5. The molecule has 5 rings (SSSR count). The number of ether oxygens (including phenoxy) is 1. The van der Waals surface area contributed by atoms with Gasteiger partial charge in [-0.15, -0.1) is 11.3 Å². The Labute approximate surface area is 188 Å². The van der Waals surface area contributed by atoms with Gasteiger partial charge in [0, 0.05) is 34.3 Å². The fraction of sp³-hybridized carbons (Fsp3) is 0.0417. The highest BCUT2D eigenvalue weighted by Crippen LogP contribution is 2.32. The van der Waals surface area contributed by atoms with Crippen molar-refractivity contribution in [2.45, 2.75) is 0 Å². The first-order valence-corrected chi connectivity index (χ1v) is 10.6. The molecule has 154 valence electrons. The van der Waals surface area contributed by atoms with E-state index in [1.165, 1.54) is 11.3 Å². The smallest absolute Gasteiger partial charge is 0.188 e. The van der Waals surface area contributed by atoms with Gasteiger partial charge in [-0.1, -0.05) is 12.1 Å². The Morgan fingerprint density at radius 3 is 2.62 bits per heavy atom. The number of benzene rings is 2. The van der Waals surface area contributed by atoms with Crippen molar-refractivity contribution < 1.29 is 4.74 Å². The molecule has 8 heteroatoms. The molecule has 0 fully saturated rings. The van der Waals surface area contributed by atoms with Gasteiger partial charge in [-0.3, -0.25) is 4.98 Å². The van der Waals surface area contributed by atoms with Crippen LogP contribution in [-0.2, 0) is 0 Å². The van der Waals surface area contributed by atoms with Crippen LogP contribution in [0, 0.1) is 11.3 Å². The largest absolute Gasteiger partial charge is 0.497 e. The number of pyridine rings is 1. The van der Waals surface area contributed by atoms with Crippen molar-refractivity contribution in [2.75, 3.05) is 12.4 Å². The number of thiazole rings is 1. The predicted molar refractivity (Wildman–Crippen MR) is 125 cm³/mol. The molecule has 0 aliphatic heterocycles. The predicted octanol–water partition coefficient (Wildman–Crippen LogP) is 5.44. The summed E-state index contributed by atoms with van der Waals surface area (Å²) in [5, 5.41) is 15.8. The van der Waals surface area contributed by atoms with Crippen LogP contribution in [-0.4, -0.2) is 27.0 Å². The minimum atomic E-state index is 0.571. The lowest BCUT2D eigenvalue weighted by Crippen LogP contribution is -2.00. The Bertz CT molecular complexity index is 1440. The Hall–Kier alpha value is -4.35. The highest BCUT2D eigenvalue weighted by molar-refractivity contribution is 7.14. The third-order valence-electron chi connectivity index (χ3n) is 4.86. The van der Waals surface area contributed by atoms with Gasteiger partial charge in [0.25, 0.3) is 0 Å². The maximum Gasteiger partial charge on any atom is 0.188 e. The van der Waals surface area contributed by atoms with E-state index in [0.717, 1.165) is 33.5 Å². The van der Waals surface area contributed by atoms with E-state index in [1.54, 1.807) is 31.6 Å². The van der Waals surface area contributed by atoms with Crippen LogP contribution in [0.1, 0.15) is 5.56 Å². The Morgan fingerprint density at radius 1 is 1.00 bits per heavy atom. The Kier molecular flexibility index (Phi) is 5.15. The van der Waals surface area contributed by atoms with Gasteiger partial charge in [-0.2, -0.15) is 5.26 Å². The average Bonchev–Trinajstić information content (AvgIpc) is 3.32. The summed E-state index contributed by atoms with van der Waals surface area (Å²) in [7, 11) is 1.63. The van der Waals surface area contributed by atoms with Gasteiger partial charge in [-0.25, -0.2) is 15.0 Å². The number of fused-ring (bicyclic) bond motifs is 1. The summed E-state index contributed by atoms with van der Waals surface area (Å²) < 4.78 is 5.39. The van der Waals surface area contributed by atoms with Gasteiger partial charge in [0.2, 0.25) is 0 Å². The number of nitrogens with one attached hydrogen (secondary N) is 1. The summed E-state index contributed by atoms with van der Waals surface area (Å²) in [6.07, 6.45) is 3.45. The first-order chi connectivity index (χ1) is 15.7. The minimum Gasteiger partial charge on any atom is -0.497 e. The van der Waals surface area contributed by atoms with Gasteiger partial charge in [0.1, 0.15) is 11.6 Å². The van der Waals surface area contributed by atoms with Crippen molar-refractivity contribution in [2.24, 2.45) is 0 Å². The highest BCUT2D eigenvalue weighted by Gasteiger charge is 2.13. The Balaban J connectivity index is 1.55. The SMILES string of the molecule is COc1ccc2nc(-c3cccnc3)nc(Nc3nc(-c4ccc(C#N)cc4)cs3)c2c1. The van der Waals surface area contributed by atoms with Gasteiger partial charge in [0.15, 0.2) is 11.0 Å². The van der Waals surface area contributed by atoms with E-state index < -0.39 is 0 Å². The van der Waals surface area contributed by atoms with Crippen molar-refractivity contribution in [3.63, 3.8) is 0 Å². The van der Waals surface area contributed by atoms with Crippen LogP contribution < -0.4 is 10.1 Å². The van der Waals surface area contributed by atoms with E-state index in [4.69, 9.17) is 25.0 Å². The van der Waals surface area contributed by atoms with Crippen LogP contribution in [0.4, 0.5) is 10.9 Å². The second kappa shape index (κ2) is 8.41. The first-order valence-electron chi connectivity index (χ1n) is 9.73. The zero-order valence-corrected chi connectivity index (χ0v) is 17.8. The summed E-state index contributed by atoms with van der Waals surface area (Å²) in [4.78, 5) is 18.3. The molecule has 0 amide bonds. The van der Waals surface area contributed by atoms with Crippen molar-refractivity contribution in [1.29, 1.82) is 5.26 Å². The van der Waals surface area contributed by atoms with Crippen molar-refractivity contribution >= 4 is 33.2 Å². The molecular formula is C24H16N6OS. The van der Waals surface area contributed by atoms with E-state index in [1.807, 2.05) is 47.8 Å². The molecule has 2 aromatic carbocycles. The molecule has 0 unspecified atom stereocenters. The molecule has 0 saturated carbocycles. The summed E-state index contributed by atoms with van der Waals surface area (Å²) >= 11 is 1.48. The van der Waals surface area contributed by atoms with Gasteiger partial charge in [0.05, 0.1) is 30.0 Å². The second-order valence-corrected chi connectivity index (χ2v) is 7.73. The molecule has 0 spiro atoms. The van der Waals surface area contributed by atoms with Crippen LogP contribution in [0.5, 0.6) is 5.75 Å². The number of hydrogen-bond donors (Lipinski definition) is 1. The molecule has 0 bridgehead atoms. The molecular weight excluding hydrogens is 420 g/mol. The molecule has 0 aliphatic carbocycles. The lowest BCUT2D eigenvalue weighted by molar-refractivity contribution is 0.415. The van der Waals surface area contributed by atoms with Gasteiger partial charge >= 0.3 is 0 Å². The number of anilines is 2. The number of nitriles is 1. The van der Waals surface area contributed by atoms with E-state index in [-0.39, 0.29) is 0 Å². The minimum absolute atomic E-state index is 0.571. The third kappa shape index (κ3) is 3.85. The molecule has 0 aliphatic rings. The van der Waals surface area contributed by atoms with Crippen LogP contribution >= 0.6 is 11.3 Å². The maximum absolute atomic E-state index is 9.00. The van der Waals surface area contributed by atoms with E-state index in [2.05, 4.69) is 16.4 Å². The molecule has 0 atom stereocenters. The molecule has 3 aromatic heterocycles. The standard InChI is InChI=1S/C24H16N6OS/c1-31-18-8-9-20-19(11-18)23(29-22(27-20)17-3-2-10-26-13-17)30-24-28-21(14-32-24)16-6-4-15(12-25)5-7-16/h2-11,13-14H,1H3,(H,27,28,29,30). The van der Waals surface area contributed by atoms with Crippen LogP contribution in [0.15, 0.2) is 72.4 Å². The highest BCUT2D eigenvalue weighted by atomic mass is 32.1. The normalized spacial score (nSPS) is 10.6. The van der Waals surface area contributed by atoms with Crippen molar-refractivity contribution in [1.82, 2.24) is 19.9 Å². The monoisotopic (exact) mass is 436 g/mol. The zero-order valence-electron chi connectivity index (χ0n) is 17.0.